The molecule has 1 heterocycles. The van der Waals surface area contributed by atoms with E-state index in [1.807, 2.05) is 0 Å². The summed E-state index contributed by atoms with van der Waals surface area (Å²) in [4.78, 5) is 7.13. The molecule has 2 aromatic carbocycles. The number of alkyl halides is 3. The molecule has 5 nitrogen and oxygen atoms in total. The SMILES string of the molecule is COc1ccc2c(Nc3ccccc3O)nc(C(F)(F)F)nc2c1. The van der Waals surface area contributed by atoms with Crippen molar-refractivity contribution >= 4 is 22.4 Å². The summed E-state index contributed by atoms with van der Waals surface area (Å²) in [5.74, 6) is -1.06. The standard InChI is InChI=1S/C16H12F3N3O2/c1-24-9-6-7-10-12(8-9)21-15(16(17,18)19)22-14(10)20-11-4-2-3-5-13(11)23/h2-8,23H,1H3,(H,20,21,22). The predicted molar refractivity (Wildman–Crippen MR) is 82.5 cm³/mol. The first kappa shape index (κ1) is 15.9. The number of nitrogens with one attached hydrogen (secondary N) is 1. The Morgan fingerprint density at radius 2 is 1.83 bits per heavy atom. The first-order valence-electron chi connectivity index (χ1n) is 6.86. The quantitative estimate of drug-likeness (QED) is 0.705. The maximum absolute atomic E-state index is 13.1. The molecule has 0 aliphatic carbocycles. The van der Waals surface area contributed by atoms with Gasteiger partial charge in [0.25, 0.3) is 0 Å². The fourth-order valence-electron chi connectivity index (χ4n) is 2.17. The van der Waals surface area contributed by atoms with Crippen LogP contribution in [0, 0.1) is 0 Å². The summed E-state index contributed by atoms with van der Waals surface area (Å²) < 4.78 is 44.2. The average Bonchev–Trinajstić information content (AvgIpc) is 2.55. The minimum absolute atomic E-state index is 0.0588. The van der Waals surface area contributed by atoms with Crippen molar-refractivity contribution in [2.45, 2.75) is 6.18 Å². The van der Waals surface area contributed by atoms with Crippen molar-refractivity contribution in [1.29, 1.82) is 0 Å². The van der Waals surface area contributed by atoms with Crippen molar-refractivity contribution < 1.29 is 23.0 Å². The van der Waals surface area contributed by atoms with Crippen molar-refractivity contribution in [3.63, 3.8) is 0 Å². The van der Waals surface area contributed by atoms with Crippen LogP contribution in [0.25, 0.3) is 10.9 Å². The summed E-state index contributed by atoms with van der Waals surface area (Å²) >= 11 is 0. The fourth-order valence-corrected chi connectivity index (χ4v) is 2.17. The number of halogens is 3. The molecule has 3 rings (SSSR count). The maximum atomic E-state index is 13.1. The highest BCUT2D eigenvalue weighted by Gasteiger charge is 2.35. The minimum atomic E-state index is -4.70. The molecule has 0 saturated heterocycles. The molecular weight excluding hydrogens is 323 g/mol. The number of phenolic OH excluding ortho intramolecular Hbond substituents is 1. The summed E-state index contributed by atoms with van der Waals surface area (Å²) in [5, 5.41) is 12.9. The molecule has 8 heteroatoms. The zero-order valence-electron chi connectivity index (χ0n) is 12.4. The van der Waals surface area contributed by atoms with Crippen molar-refractivity contribution in [2.75, 3.05) is 12.4 Å². The fraction of sp³-hybridized carbons (Fsp3) is 0.125. The van der Waals surface area contributed by atoms with Crippen LogP contribution in [0.1, 0.15) is 5.82 Å². The van der Waals surface area contributed by atoms with E-state index >= 15 is 0 Å². The molecule has 3 aromatic rings. The van der Waals surface area contributed by atoms with Gasteiger partial charge in [0.1, 0.15) is 17.3 Å². The van der Waals surface area contributed by atoms with Gasteiger partial charge in [-0.25, -0.2) is 9.97 Å². The van der Waals surface area contributed by atoms with Gasteiger partial charge in [-0.3, -0.25) is 0 Å². The smallest absolute Gasteiger partial charge is 0.451 e. The van der Waals surface area contributed by atoms with Crippen LogP contribution in [0.15, 0.2) is 42.5 Å². The molecule has 0 spiro atoms. The van der Waals surface area contributed by atoms with Gasteiger partial charge in [0, 0.05) is 11.5 Å². The number of methoxy groups -OCH3 is 1. The molecule has 0 atom stereocenters. The van der Waals surface area contributed by atoms with E-state index in [0.717, 1.165) is 0 Å². The lowest BCUT2D eigenvalue weighted by molar-refractivity contribution is -0.144. The van der Waals surface area contributed by atoms with Crippen molar-refractivity contribution in [3.05, 3.63) is 48.3 Å². The summed E-state index contributed by atoms with van der Waals surface area (Å²) in [6, 6.07) is 10.7. The minimum Gasteiger partial charge on any atom is -0.506 e. The number of aromatic hydroxyl groups is 1. The second kappa shape index (κ2) is 5.88. The summed E-state index contributed by atoms with van der Waals surface area (Å²) in [6.07, 6.45) is -4.70. The first-order chi connectivity index (χ1) is 11.4. The molecule has 0 fully saturated rings. The Hall–Kier alpha value is -3.03. The Labute approximate surface area is 134 Å². The van der Waals surface area contributed by atoms with Gasteiger partial charge in [-0.15, -0.1) is 0 Å². The number of aromatic nitrogens is 2. The van der Waals surface area contributed by atoms with Gasteiger partial charge in [0.2, 0.25) is 5.82 Å². The van der Waals surface area contributed by atoms with Crippen molar-refractivity contribution in [2.24, 2.45) is 0 Å². The van der Waals surface area contributed by atoms with E-state index < -0.39 is 12.0 Å². The van der Waals surface area contributed by atoms with Gasteiger partial charge in [0.05, 0.1) is 18.3 Å². The number of hydrogen-bond donors (Lipinski definition) is 2. The Bertz CT molecular complexity index is 897. The number of benzene rings is 2. The molecule has 2 N–H and O–H groups in total. The summed E-state index contributed by atoms with van der Waals surface area (Å²) in [6.45, 7) is 0. The zero-order chi connectivity index (χ0) is 17.3. The van der Waals surface area contributed by atoms with E-state index in [1.54, 1.807) is 24.3 Å². The Kier molecular flexibility index (Phi) is 3.88. The third-order valence-corrected chi connectivity index (χ3v) is 3.31. The molecule has 0 radical (unpaired) electrons. The molecular formula is C16H12F3N3O2. The van der Waals surface area contributed by atoms with Gasteiger partial charge in [0.15, 0.2) is 0 Å². The van der Waals surface area contributed by atoms with E-state index in [9.17, 15) is 18.3 Å². The van der Waals surface area contributed by atoms with Crippen LogP contribution in [-0.4, -0.2) is 22.2 Å². The Morgan fingerprint density at radius 1 is 1.08 bits per heavy atom. The number of hydrogen-bond acceptors (Lipinski definition) is 5. The van der Waals surface area contributed by atoms with Gasteiger partial charge >= 0.3 is 6.18 Å². The highest BCUT2D eigenvalue weighted by atomic mass is 19.4. The van der Waals surface area contributed by atoms with E-state index in [4.69, 9.17) is 4.74 Å². The highest BCUT2D eigenvalue weighted by molar-refractivity contribution is 5.92. The number of ether oxygens (including phenoxy) is 1. The Balaban J connectivity index is 2.19. The number of nitrogens with zero attached hydrogens (tertiary/aromatic N) is 2. The van der Waals surface area contributed by atoms with E-state index in [1.165, 1.54) is 25.3 Å². The topological polar surface area (TPSA) is 67.3 Å². The third-order valence-electron chi connectivity index (χ3n) is 3.31. The number of phenols is 1. The van der Waals surface area contributed by atoms with Crippen LogP contribution >= 0.6 is 0 Å². The summed E-state index contributed by atoms with van der Waals surface area (Å²) in [7, 11) is 1.41. The van der Waals surface area contributed by atoms with E-state index in [0.29, 0.717) is 11.1 Å². The molecule has 124 valence electrons. The van der Waals surface area contributed by atoms with Crippen LogP contribution in [0.4, 0.5) is 24.7 Å². The second-order valence-electron chi connectivity index (χ2n) is 4.92. The number of anilines is 2. The van der Waals surface area contributed by atoms with E-state index in [2.05, 4.69) is 15.3 Å². The molecule has 1 aromatic heterocycles. The molecule has 0 aliphatic rings. The van der Waals surface area contributed by atoms with Crippen molar-refractivity contribution in [3.8, 4) is 11.5 Å². The van der Waals surface area contributed by atoms with Crippen LogP contribution in [-0.2, 0) is 6.18 Å². The molecule has 0 amide bonds. The van der Waals surface area contributed by atoms with Gasteiger partial charge in [-0.1, -0.05) is 12.1 Å². The number of fused-ring (bicyclic) bond motifs is 1. The maximum Gasteiger partial charge on any atom is 0.451 e. The first-order valence-corrected chi connectivity index (χ1v) is 6.86. The second-order valence-corrected chi connectivity index (χ2v) is 4.92. The zero-order valence-corrected chi connectivity index (χ0v) is 12.4. The van der Waals surface area contributed by atoms with E-state index in [-0.39, 0.29) is 22.8 Å². The summed E-state index contributed by atoms with van der Waals surface area (Å²) in [5.41, 5.74) is 0.316. The predicted octanol–water partition coefficient (Wildman–Crippen LogP) is 4.11. The third kappa shape index (κ3) is 3.03. The largest absolute Gasteiger partial charge is 0.506 e. The van der Waals surface area contributed by atoms with Gasteiger partial charge in [-0.05, 0) is 24.3 Å². The average molecular weight is 335 g/mol. The molecule has 24 heavy (non-hydrogen) atoms. The highest BCUT2D eigenvalue weighted by Crippen LogP contribution is 2.34. The lowest BCUT2D eigenvalue weighted by Crippen LogP contribution is -2.12. The monoisotopic (exact) mass is 335 g/mol. The van der Waals surface area contributed by atoms with Crippen molar-refractivity contribution in [1.82, 2.24) is 9.97 Å². The number of para-hydroxylation sites is 2. The van der Waals surface area contributed by atoms with Gasteiger partial charge < -0.3 is 15.2 Å². The molecule has 0 unspecified atom stereocenters. The van der Waals surface area contributed by atoms with Crippen LogP contribution in [0.2, 0.25) is 0 Å². The lowest BCUT2D eigenvalue weighted by atomic mass is 10.2. The van der Waals surface area contributed by atoms with Crippen LogP contribution in [0.3, 0.4) is 0 Å². The Morgan fingerprint density at radius 3 is 2.50 bits per heavy atom. The normalized spacial score (nSPS) is 11.5. The number of rotatable bonds is 3. The molecule has 0 aliphatic heterocycles. The molecule has 0 bridgehead atoms. The van der Waals surface area contributed by atoms with Crippen LogP contribution < -0.4 is 10.1 Å². The molecule has 0 saturated carbocycles. The lowest BCUT2D eigenvalue weighted by Gasteiger charge is -2.13. The van der Waals surface area contributed by atoms with Crippen LogP contribution in [0.5, 0.6) is 11.5 Å². The van der Waals surface area contributed by atoms with Gasteiger partial charge in [-0.2, -0.15) is 13.2 Å².